The Hall–Kier alpha value is -2.37. The molecule has 0 aromatic carbocycles. The van der Waals surface area contributed by atoms with Crippen molar-refractivity contribution in [3.05, 3.63) is 51.3 Å². The minimum atomic E-state index is -0.414. The standard InChI is InChI=1S/C16H21N3O3/c1-10(2)7-12-8-13(22-18-12)9-17-15(20)14-6-5-11(3)19(4)16(14)21/h5-6,8,10H,7,9H2,1-4H3,(H,17,20). The van der Waals surface area contributed by atoms with E-state index in [9.17, 15) is 9.59 Å². The molecule has 0 fully saturated rings. The molecular formula is C16H21N3O3. The molecule has 2 aromatic rings. The zero-order valence-electron chi connectivity index (χ0n) is 13.3. The van der Waals surface area contributed by atoms with E-state index in [1.807, 2.05) is 13.0 Å². The fraction of sp³-hybridized carbons (Fsp3) is 0.438. The largest absolute Gasteiger partial charge is 0.359 e. The van der Waals surface area contributed by atoms with Crippen LogP contribution in [0.2, 0.25) is 0 Å². The summed E-state index contributed by atoms with van der Waals surface area (Å²) in [5.41, 5.74) is 1.48. The molecule has 0 aliphatic heterocycles. The Morgan fingerprint density at radius 3 is 2.82 bits per heavy atom. The molecule has 0 saturated heterocycles. The van der Waals surface area contributed by atoms with E-state index in [1.165, 1.54) is 10.6 Å². The van der Waals surface area contributed by atoms with Gasteiger partial charge < -0.3 is 14.4 Å². The van der Waals surface area contributed by atoms with Gasteiger partial charge in [-0.15, -0.1) is 0 Å². The highest BCUT2D eigenvalue weighted by Crippen LogP contribution is 2.09. The molecule has 0 unspecified atom stereocenters. The van der Waals surface area contributed by atoms with Gasteiger partial charge in [-0.1, -0.05) is 19.0 Å². The van der Waals surface area contributed by atoms with E-state index in [1.54, 1.807) is 13.1 Å². The molecular weight excluding hydrogens is 282 g/mol. The summed E-state index contributed by atoms with van der Waals surface area (Å²) in [5, 5.41) is 6.64. The normalized spacial score (nSPS) is 11.0. The lowest BCUT2D eigenvalue weighted by molar-refractivity contribution is 0.0945. The fourth-order valence-corrected chi connectivity index (χ4v) is 2.12. The summed E-state index contributed by atoms with van der Waals surface area (Å²) in [6, 6.07) is 5.11. The minimum Gasteiger partial charge on any atom is -0.359 e. The number of nitrogens with one attached hydrogen (secondary N) is 1. The summed E-state index contributed by atoms with van der Waals surface area (Å²) in [6.07, 6.45) is 0.829. The summed E-state index contributed by atoms with van der Waals surface area (Å²) < 4.78 is 6.63. The molecule has 6 nitrogen and oxygen atoms in total. The molecule has 1 amide bonds. The number of pyridine rings is 1. The van der Waals surface area contributed by atoms with Crippen molar-refractivity contribution in [3.8, 4) is 0 Å². The molecule has 2 aromatic heterocycles. The Kier molecular flexibility index (Phi) is 4.80. The van der Waals surface area contributed by atoms with Crippen LogP contribution in [0, 0.1) is 12.8 Å². The van der Waals surface area contributed by atoms with Crippen molar-refractivity contribution in [3.63, 3.8) is 0 Å². The van der Waals surface area contributed by atoms with Gasteiger partial charge in [0.1, 0.15) is 5.56 Å². The highest BCUT2D eigenvalue weighted by Gasteiger charge is 2.13. The van der Waals surface area contributed by atoms with Gasteiger partial charge in [-0.25, -0.2) is 0 Å². The number of rotatable bonds is 5. The van der Waals surface area contributed by atoms with E-state index in [-0.39, 0.29) is 17.7 Å². The number of carbonyl (C=O) groups excluding carboxylic acids is 1. The van der Waals surface area contributed by atoms with E-state index in [4.69, 9.17) is 4.52 Å². The third-order valence-electron chi connectivity index (χ3n) is 3.45. The van der Waals surface area contributed by atoms with Crippen molar-refractivity contribution in [2.75, 3.05) is 0 Å². The van der Waals surface area contributed by atoms with Gasteiger partial charge in [0.15, 0.2) is 5.76 Å². The van der Waals surface area contributed by atoms with Gasteiger partial charge in [0.25, 0.3) is 11.5 Å². The van der Waals surface area contributed by atoms with Crippen LogP contribution in [0.15, 0.2) is 27.5 Å². The van der Waals surface area contributed by atoms with Gasteiger partial charge in [0.05, 0.1) is 12.2 Å². The van der Waals surface area contributed by atoms with Crippen LogP contribution in [0.3, 0.4) is 0 Å². The van der Waals surface area contributed by atoms with Crippen LogP contribution >= 0.6 is 0 Å². The zero-order valence-corrected chi connectivity index (χ0v) is 13.3. The predicted molar refractivity (Wildman–Crippen MR) is 82.6 cm³/mol. The van der Waals surface area contributed by atoms with Crippen LogP contribution < -0.4 is 10.9 Å². The van der Waals surface area contributed by atoms with Crippen LogP contribution in [0.1, 0.15) is 41.4 Å². The number of aromatic nitrogens is 2. The molecule has 6 heteroatoms. The first kappa shape index (κ1) is 16.0. The molecule has 0 aliphatic carbocycles. The summed E-state index contributed by atoms with van der Waals surface area (Å²) in [6.45, 7) is 6.22. The number of hydrogen-bond acceptors (Lipinski definition) is 4. The van der Waals surface area contributed by atoms with Crippen molar-refractivity contribution in [2.24, 2.45) is 13.0 Å². The van der Waals surface area contributed by atoms with Crippen LogP contribution in [0.5, 0.6) is 0 Å². The Labute approximate surface area is 129 Å². The highest BCUT2D eigenvalue weighted by molar-refractivity contribution is 5.93. The molecule has 2 rings (SSSR count). The average Bonchev–Trinajstić information content (AvgIpc) is 2.89. The molecule has 0 bridgehead atoms. The SMILES string of the molecule is Cc1ccc(C(=O)NCc2cc(CC(C)C)no2)c(=O)n1C. The first-order valence-electron chi connectivity index (χ1n) is 7.27. The second kappa shape index (κ2) is 6.60. The molecule has 1 N–H and O–H groups in total. The minimum absolute atomic E-state index is 0.120. The van der Waals surface area contributed by atoms with Crippen molar-refractivity contribution in [1.82, 2.24) is 15.0 Å². The zero-order chi connectivity index (χ0) is 16.3. The summed E-state index contributed by atoms with van der Waals surface area (Å²) in [4.78, 5) is 24.1. The summed E-state index contributed by atoms with van der Waals surface area (Å²) >= 11 is 0. The Morgan fingerprint density at radius 2 is 2.14 bits per heavy atom. The molecule has 118 valence electrons. The maximum Gasteiger partial charge on any atom is 0.263 e. The molecule has 0 atom stereocenters. The number of hydrogen-bond donors (Lipinski definition) is 1. The molecule has 0 aliphatic rings. The molecule has 0 saturated carbocycles. The van der Waals surface area contributed by atoms with E-state index < -0.39 is 5.91 Å². The smallest absolute Gasteiger partial charge is 0.263 e. The summed E-state index contributed by atoms with van der Waals surface area (Å²) in [7, 11) is 1.64. The highest BCUT2D eigenvalue weighted by atomic mass is 16.5. The Bertz CT molecular complexity index is 728. The van der Waals surface area contributed by atoms with Gasteiger partial charge in [0, 0.05) is 18.8 Å². The predicted octanol–water partition coefficient (Wildman–Crippen LogP) is 1.81. The summed E-state index contributed by atoms with van der Waals surface area (Å²) in [5.74, 6) is 0.651. The van der Waals surface area contributed by atoms with Crippen molar-refractivity contribution < 1.29 is 9.32 Å². The van der Waals surface area contributed by atoms with Crippen molar-refractivity contribution >= 4 is 5.91 Å². The van der Waals surface area contributed by atoms with Crippen LogP contribution in [0.4, 0.5) is 0 Å². The molecule has 22 heavy (non-hydrogen) atoms. The lowest BCUT2D eigenvalue weighted by Gasteiger charge is -2.06. The van der Waals surface area contributed by atoms with Crippen LogP contribution in [0.25, 0.3) is 0 Å². The van der Waals surface area contributed by atoms with Crippen molar-refractivity contribution in [1.29, 1.82) is 0 Å². The number of carbonyl (C=O) groups is 1. The van der Waals surface area contributed by atoms with E-state index in [0.29, 0.717) is 11.7 Å². The first-order chi connectivity index (χ1) is 10.4. The van der Waals surface area contributed by atoms with Gasteiger partial charge in [-0.2, -0.15) is 0 Å². The quantitative estimate of drug-likeness (QED) is 0.914. The second-order valence-electron chi connectivity index (χ2n) is 5.82. The fourth-order valence-electron chi connectivity index (χ4n) is 2.12. The lowest BCUT2D eigenvalue weighted by Crippen LogP contribution is -2.32. The van der Waals surface area contributed by atoms with E-state index in [0.717, 1.165) is 17.8 Å². The first-order valence-corrected chi connectivity index (χ1v) is 7.27. The van der Waals surface area contributed by atoms with Crippen LogP contribution in [-0.2, 0) is 20.0 Å². The van der Waals surface area contributed by atoms with Gasteiger partial charge in [-0.3, -0.25) is 9.59 Å². The van der Waals surface area contributed by atoms with Gasteiger partial charge in [0.2, 0.25) is 0 Å². The van der Waals surface area contributed by atoms with Gasteiger partial charge in [-0.05, 0) is 31.4 Å². The van der Waals surface area contributed by atoms with E-state index >= 15 is 0 Å². The maximum atomic E-state index is 12.1. The van der Waals surface area contributed by atoms with Crippen molar-refractivity contribution in [2.45, 2.75) is 33.7 Å². The molecule has 0 spiro atoms. The Balaban J connectivity index is 2.03. The Morgan fingerprint density at radius 1 is 1.41 bits per heavy atom. The number of nitrogens with zero attached hydrogens (tertiary/aromatic N) is 2. The average molecular weight is 303 g/mol. The third kappa shape index (κ3) is 3.63. The molecule has 0 radical (unpaired) electrons. The lowest BCUT2D eigenvalue weighted by atomic mass is 10.1. The van der Waals surface area contributed by atoms with Crippen LogP contribution in [-0.4, -0.2) is 15.6 Å². The molecule has 2 heterocycles. The number of amides is 1. The third-order valence-corrected chi connectivity index (χ3v) is 3.45. The number of aryl methyl sites for hydroxylation is 1. The second-order valence-corrected chi connectivity index (χ2v) is 5.82. The van der Waals surface area contributed by atoms with Gasteiger partial charge >= 0.3 is 0 Å². The monoisotopic (exact) mass is 303 g/mol. The van der Waals surface area contributed by atoms with E-state index in [2.05, 4.69) is 24.3 Å². The maximum absolute atomic E-state index is 12.1. The topological polar surface area (TPSA) is 77.1 Å².